The van der Waals surface area contributed by atoms with Crippen molar-refractivity contribution < 1.29 is 51.6 Å². The molecule has 292 valence electrons. The first-order valence-corrected chi connectivity index (χ1v) is 19.4. The Morgan fingerprint density at radius 3 is 1.78 bits per heavy atom. The van der Waals surface area contributed by atoms with Crippen molar-refractivity contribution in [2.45, 2.75) is 96.9 Å². The van der Waals surface area contributed by atoms with Gasteiger partial charge < -0.3 is 32.4 Å². The second-order valence-corrected chi connectivity index (χ2v) is 20.3. The van der Waals surface area contributed by atoms with E-state index >= 15 is 0 Å². The number of hydrogen-bond acceptors (Lipinski definition) is 8. The first-order chi connectivity index (χ1) is 23.4. The highest BCUT2D eigenvalue weighted by Crippen LogP contribution is 2.69. The van der Waals surface area contributed by atoms with Crippen LogP contribution in [0.3, 0.4) is 0 Å². The summed E-state index contributed by atoms with van der Waals surface area (Å²) < 4.78 is 25.8. The maximum atomic E-state index is 13.7. The molecule has 11 heteroatoms. The number of likely N-dealkylation sites (N-methyl/N-ethyl adjacent to an activating group) is 3. The van der Waals surface area contributed by atoms with Gasteiger partial charge in [-0.3, -0.25) is 4.79 Å². The third-order valence-corrected chi connectivity index (χ3v) is 13.1. The second-order valence-electron chi connectivity index (χ2n) is 20.3. The zero-order valence-electron chi connectivity index (χ0n) is 34.3. The van der Waals surface area contributed by atoms with E-state index in [1.165, 1.54) is 7.11 Å². The largest absolute Gasteiger partial charge is 0.469 e. The lowest BCUT2D eigenvalue weighted by atomic mass is 9.43. The second kappa shape index (κ2) is 15.2. The van der Waals surface area contributed by atoms with Gasteiger partial charge in [-0.2, -0.15) is 0 Å². The van der Waals surface area contributed by atoms with Crippen LogP contribution in [0, 0.1) is 46.3 Å². The molecule has 0 N–H and O–H groups in total. The number of rotatable bonds is 13. The minimum absolute atomic E-state index is 0.0860. The lowest BCUT2D eigenvalue weighted by Gasteiger charge is -2.64. The van der Waals surface area contributed by atoms with E-state index in [2.05, 4.69) is 20.8 Å². The van der Waals surface area contributed by atoms with Gasteiger partial charge in [0.2, 0.25) is 0 Å². The fourth-order valence-electron chi connectivity index (χ4n) is 10.9. The first kappa shape index (κ1) is 41.5. The lowest BCUT2D eigenvalue weighted by Crippen LogP contribution is -2.64. The maximum absolute atomic E-state index is 13.7. The first-order valence-electron chi connectivity index (χ1n) is 19.4. The molecule has 4 rings (SSSR count). The summed E-state index contributed by atoms with van der Waals surface area (Å²) in [5.41, 5.74) is -0.430. The monoisotopic (exact) mass is 723 g/mol. The van der Waals surface area contributed by atoms with Crippen LogP contribution >= 0.6 is 0 Å². The van der Waals surface area contributed by atoms with Gasteiger partial charge in [0, 0.05) is 17.8 Å². The number of methoxy groups -OCH3 is 1. The topological polar surface area (TPSA) is 105 Å². The van der Waals surface area contributed by atoms with Crippen LogP contribution in [0.1, 0.15) is 78.6 Å². The third-order valence-electron chi connectivity index (χ3n) is 13.1. The third kappa shape index (κ3) is 9.85. The van der Waals surface area contributed by atoms with Crippen molar-refractivity contribution in [2.24, 2.45) is 46.3 Å². The zero-order valence-corrected chi connectivity index (χ0v) is 34.3. The Balaban J connectivity index is 1.73. The molecule has 0 spiro atoms. The molecule has 4 aliphatic carbocycles. The van der Waals surface area contributed by atoms with Gasteiger partial charge in [-0.1, -0.05) is 20.8 Å². The van der Waals surface area contributed by atoms with Crippen LogP contribution < -0.4 is 0 Å². The van der Waals surface area contributed by atoms with Gasteiger partial charge in [0.1, 0.15) is 18.3 Å². The van der Waals surface area contributed by atoms with Gasteiger partial charge in [0.15, 0.2) is 19.6 Å². The number of fused-ring (bicyclic) bond motifs is 5. The van der Waals surface area contributed by atoms with E-state index in [0.717, 1.165) is 38.5 Å². The number of nitrogens with zero attached hydrogens (tertiary/aromatic N) is 3. The molecule has 0 bridgehead atoms. The molecule has 0 heterocycles. The Labute approximate surface area is 308 Å². The van der Waals surface area contributed by atoms with Gasteiger partial charge in [0.05, 0.1) is 70.5 Å². The Kier molecular flexibility index (Phi) is 12.4. The highest BCUT2D eigenvalue weighted by Gasteiger charge is 2.68. The highest BCUT2D eigenvalue weighted by molar-refractivity contribution is 5.72. The normalized spacial score (nSPS) is 35.8. The summed E-state index contributed by atoms with van der Waals surface area (Å²) in [7, 11) is 19.4. The number of quaternary nitrogens is 3. The van der Waals surface area contributed by atoms with Crippen molar-refractivity contribution in [3.63, 3.8) is 0 Å². The highest BCUT2D eigenvalue weighted by atomic mass is 16.6. The molecular formula is C40H72N3O8+3. The number of ether oxygens (including phenoxy) is 4. The molecule has 0 amide bonds. The molecule has 11 nitrogen and oxygen atoms in total. The maximum Gasteiger partial charge on any atom is 0.362 e. The van der Waals surface area contributed by atoms with E-state index in [9.17, 15) is 19.2 Å². The summed E-state index contributed by atoms with van der Waals surface area (Å²) in [6, 6.07) is 0. The summed E-state index contributed by atoms with van der Waals surface area (Å²) in [5, 5.41) is 0. The fraction of sp³-hybridized carbons (Fsp3) is 0.900. The van der Waals surface area contributed by atoms with Crippen LogP contribution in [0.5, 0.6) is 0 Å². The van der Waals surface area contributed by atoms with Crippen molar-refractivity contribution in [1.29, 1.82) is 0 Å². The van der Waals surface area contributed by atoms with Crippen LogP contribution in [-0.2, 0) is 38.1 Å². The molecule has 0 aromatic rings. The van der Waals surface area contributed by atoms with Crippen LogP contribution in [0.15, 0.2) is 0 Å². The van der Waals surface area contributed by atoms with Crippen LogP contribution in [0.2, 0.25) is 0 Å². The number of esters is 4. The van der Waals surface area contributed by atoms with Crippen molar-refractivity contribution >= 4 is 23.9 Å². The Morgan fingerprint density at radius 2 is 1.24 bits per heavy atom. The van der Waals surface area contributed by atoms with E-state index in [-0.39, 0.29) is 102 Å². The summed E-state index contributed by atoms with van der Waals surface area (Å²) in [5.74, 6) is 0.380. The summed E-state index contributed by atoms with van der Waals surface area (Å²) >= 11 is 0. The van der Waals surface area contributed by atoms with Crippen molar-refractivity contribution in [2.75, 3.05) is 90.2 Å². The Hall–Kier alpha value is -2.24. The van der Waals surface area contributed by atoms with E-state index in [4.69, 9.17) is 18.9 Å². The minimum Gasteiger partial charge on any atom is -0.469 e. The predicted molar refractivity (Wildman–Crippen MR) is 195 cm³/mol. The number of carbonyl (C=O) groups excluding carboxylic acids is 4. The van der Waals surface area contributed by atoms with Crippen LogP contribution in [0.25, 0.3) is 0 Å². The molecular weight excluding hydrogens is 650 g/mol. The molecule has 4 aliphatic rings. The van der Waals surface area contributed by atoms with Gasteiger partial charge in [-0.15, -0.1) is 0 Å². The number of hydrogen-bond donors (Lipinski definition) is 0. The molecule has 4 saturated carbocycles. The Bertz CT molecular complexity index is 1280. The van der Waals surface area contributed by atoms with Gasteiger partial charge in [0.25, 0.3) is 0 Å². The fourth-order valence-corrected chi connectivity index (χ4v) is 10.9. The van der Waals surface area contributed by atoms with Crippen LogP contribution in [-0.4, -0.2) is 146 Å². The summed E-state index contributed by atoms with van der Waals surface area (Å²) in [6.07, 6.45) is 6.17. The van der Waals surface area contributed by atoms with Crippen molar-refractivity contribution in [3.8, 4) is 0 Å². The molecule has 0 unspecified atom stereocenters. The van der Waals surface area contributed by atoms with E-state index in [1.807, 2.05) is 63.4 Å². The SMILES string of the molecule is COC(=O)CC[C@@H](C)[C@H]1CC[C@H]2[C@@H]3[C@H](OC(=O)C[N+](C)(C)C)C[C@@H]4C[C@H](OC(=O)C[N+](C)(C)C)CC[C@]4(C)[C@H]3C[C@H](OC(=O)C[N+](C)(C)C)[C@]12C. The smallest absolute Gasteiger partial charge is 0.362 e. The molecule has 0 aromatic heterocycles. The molecule has 0 radical (unpaired) electrons. The van der Waals surface area contributed by atoms with Crippen molar-refractivity contribution in [1.82, 2.24) is 0 Å². The average molecular weight is 723 g/mol. The van der Waals surface area contributed by atoms with Crippen LogP contribution in [0.4, 0.5) is 0 Å². The summed E-state index contributed by atoms with van der Waals surface area (Å²) in [6.45, 7) is 7.83. The molecule has 51 heavy (non-hydrogen) atoms. The van der Waals surface area contributed by atoms with E-state index in [0.29, 0.717) is 39.3 Å². The minimum atomic E-state index is -0.344. The standard InChI is InChI=1S/C40H72N3O8/c1-26(14-17-34(44)48-13)29-15-16-30-38-31(22-33(40(29,30)3)51-37(47)25-43(10,11)12)39(2)19-18-28(49-35(45)23-41(4,5)6)20-27(39)21-32(38)50-36(46)24-42(7,8)9/h26-33,38H,14-25H2,1-13H3/q+3/t26-,27+,28-,29-,30+,31+,32-,33+,38+,39+,40-/m1/s1. The summed E-state index contributed by atoms with van der Waals surface area (Å²) in [4.78, 5) is 52.5. The predicted octanol–water partition coefficient (Wildman–Crippen LogP) is 4.31. The molecule has 11 atom stereocenters. The quantitative estimate of drug-likeness (QED) is 0.158. The van der Waals surface area contributed by atoms with Gasteiger partial charge >= 0.3 is 23.9 Å². The average Bonchev–Trinajstić information content (AvgIpc) is 3.32. The molecule has 4 fully saturated rings. The molecule has 0 aliphatic heterocycles. The molecule has 0 saturated heterocycles. The van der Waals surface area contributed by atoms with Gasteiger partial charge in [-0.25, -0.2) is 14.4 Å². The number of carbonyl (C=O) groups is 4. The van der Waals surface area contributed by atoms with E-state index in [1.54, 1.807) is 0 Å². The Morgan fingerprint density at radius 1 is 0.686 bits per heavy atom. The lowest BCUT2D eigenvalue weighted by molar-refractivity contribution is -0.862. The zero-order chi connectivity index (χ0) is 38.3. The molecule has 0 aromatic carbocycles. The van der Waals surface area contributed by atoms with Gasteiger partial charge in [-0.05, 0) is 86.4 Å². The van der Waals surface area contributed by atoms with E-state index < -0.39 is 0 Å². The van der Waals surface area contributed by atoms with Crippen molar-refractivity contribution in [3.05, 3.63) is 0 Å².